The Morgan fingerprint density at radius 1 is 1.55 bits per heavy atom. The molecule has 0 spiro atoms. The third-order valence-corrected chi connectivity index (χ3v) is 2.15. The van der Waals surface area contributed by atoms with Crippen LogP contribution in [0.2, 0.25) is 0 Å². The molecule has 0 radical (unpaired) electrons. The molecule has 0 saturated carbocycles. The van der Waals surface area contributed by atoms with Crippen LogP contribution in [0.3, 0.4) is 0 Å². The Kier molecular flexibility index (Phi) is 2.88. The Morgan fingerprint density at radius 2 is 2.18 bits per heavy atom. The average molecular weight is 156 g/mol. The summed E-state index contributed by atoms with van der Waals surface area (Å²) in [6, 6.07) is 0. The number of hydrogen-bond acceptors (Lipinski definition) is 2. The van der Waals surface area contributed by atoms with Crippen molar-refractivity contribution < 1.29 is 4.79 Å². The van der Waals surface area contributed by atoms with Crippen molar-refractivity contribution in [1.82, 2.24) is 9.80 Å². The molecule has 0 bridgehead atoms. The van der Waals surface area contributed by atoms with Gasteiger partial charge in [-0.25, -0.2) is 0 Å². The highest BCUT2D eigenvalue weighted by Crippen LogP contribution is 2.05. The molecule has 1 amide bonds. The van der Waals surface area contributed by atoms with Crippen LogP contribution in [0.25, 0.3) is 0 Å². The van der Waals surface area contributed by atoms with E-state index < -0.39 is 0 Å². The molecule has 0 atom stereocenters. The van der Waals surface area contributed by atoms with E-state index in [1.54, 1.807) is 0 Å². The highest BCUT2D eigenvalue weighted by Gasteiger charge is 2.20. The minimum atomic E-state index is 0.278. The summed E-state index contributed by atoms with van der Waals surface area (Å²) in [5.41, 5.74) is 0. The lowest BCUT2D eigenvalue weighted by molar-refractivity contribution is -0.135. The van der Waals surface area contributed by atoms with Crippen molar-refractivity contribution in [3.8, 4) is 0 Å². The normalized spacial score (nSPS) is 16.8. The van der Waals surface area contributed by atoms with Gasteiger partial charge in [0.25, 0.3) is 0 Å². The third kappa shape index (κ3) is 2.19. The van der Waals surface area contributed by atoms with E-state index >= 15 is 0 Å². The Morgan fingerprint density at radius 3 is 2.55 bits per heavy atom. The molecule has 0 aromatic rings. The largest absolute Gasteiger partial charge is 0.341 e. The molecule has 64 valence electrons. The molecule has 1 saturated heterocycles. The molecule has 3 heteroatoms. The topological polar surface area (TPSA) is 23.6 Å². The number of likely N-dealkylation sites (N-methyl/N-ethyl adjacent to an activating group) is 1. The first-order chi connectivity index (χ1) is 5.24. The van der Waals surface area contributed by atoms with Crippen LogP contribution in [-0.2, 0) is 4.79 Å². The SMILES string of the molecule is CCN(C)CC(=O)N1CCC1. The van der Waals surface area contributed by atoms with Crippen molar-refractivity contribution >= 4 is 5.91 Å². The summed E-state index contributed by atoms with van der Waals surface area (Å²) < 4.78 is 0. The van der Waals surface area contributed by atoms with Gasteiger partial charge < -0.3 is 4.90 Å². The van der Waals surface area contributed by atoms with Crippen LogP contribution in [0.15, 0.2) is 0 Å². The van der Waals surface area contributed by atoms with Gasteiger partial charge in [-0.3, -0.25) is 9.69 Å². The van der Waals surface area contributed by atoms with Crippen LogP contribution in [0.4, 0.5) is 0 Å². The van der Waals surface area contributed by atoms with Crippen molar-refractivity contribution in [1.29, 1.82) is 0 Å². The Balaban J connectivity index is 2.19. The van der Waals surface area contributed by atoms with E-state index in [9.17, 15) is 4.79 Å². The number of likely N-dealkylation sites (tertiary alicyclic amines) is 1. The molecule has 0 unspecified atom stereocenters. The van der Waals surface area contributed by atoms with Gasteiger partial charge in [-0.2, -0.15) is 0 Å². The molecule has 0 aromatic heterocycles. The van der Waals surface area contributed by atoms with Gasteiger partial charge in [0.05, 0.1) is 6.54 Å². The van der Waals surface area contributed by atoms with E-state index in [-0.39, 0.29) is 5.91 Å². The standard InChI is InChI=1S/C8H16N2O/c1-3-9(2)7-8(11)10-5-4-6-10/h3-7H2,1-2H3. The molecule has 1 aliphatic rings. The van der Waals surface area contributed by atoms with E-state index in [1.807, 2.05) is 16.8 Å². The first kappa shape index (κ1) is 8.53. The van der Waals surface area contributed by atoms with Crippen LogP contribution in [0.5, 0.6) is 0 Å². The predicted molar refractivity (Wildman–Crippen MR) is 44.4 cm³/mol. The highest BCUT2D eigenvalue weighted by molar-refractivity contribution is 5.78. The van der Waals surface area contributed by atoms with E-state index in [0.717, 1.165) is 19.6 Å². The van der Waals surface area contributed by atoms with E-state index in [1.165, 1.54) is 6.42 Å². The summed E-state index contributed by atoms with van der Waals surface area (Å²) in [6.07, 6.45) is 1.18. The van der Waals surface area contributed by atoms with Crippen molar-refractivity contribution in [3.63, 3.8) is 0 Å². The summed E-state index contributed by atoms with van der Waals surface area (Å²) in [5.74, 6) is 0.278. The predicted octanol–water partition coefficient (Wildman–Crippen LogP) is 0.170. The summed E-state index contributed by atoms with van der Waals surface area (Å²) in [7, 11) is 1.97. The van der Waals surface area contributed by atoms with Crippen LogP contribution >= 0.6 is 0 Å². The summed E-state index contributed by atoms with van der Waals surface area (Å²) in [4.78, 5) is 15.2. The number of amides is 1. The molecule has 1 heterocycles. The number of hydrogen-bond donors (Lipinski definition) is 0. The van der Waals surface area contributed by atoms with Gasteiger partial charge in [-0.05, 0) is 20.0 Å². The maximum Gasteiger partial charge on any atom is 0.236 e. The van der Waals surface area contributed by atoms with Crippen LogP contribution < -0.4 is 0 Å². The minimum absolute atomic E-state index is 0.278. The third-order valence-electron chi connectivity index (χ3n) is 2.15. The second-order valence-electron chi connectivity index (χ2n) is 3.06. The van der Waals surface area contributed by atoms with Crippen molar-refractivity contribution in [3.05, 3.63) is 0 Å². The van der Waals surface area contributed by atoms with Gasteiger partial charge in [0, 0.05) is 13.1 Å². The van der Waals surface area contributed by atoms with Crippen molar-refractivity contribution in [2.45, 2.75) is 13.3 Å². The fourth-order valence-electron chi connectivity index (χ4n) is 1.01. The molecule has 0 N–H and O–H groups in total. The van der Waals surface area contributed by atoms with E-state index in [0.29, 0.717) is 6.54 Å². The van der Waals surface area contributed by atoms with Gasteiger partial charge in [-0.1, -0.05) is 6.92 Å². The monoisotopic (exact) mass is 156 g/mol. The fraction of sp³-hybridized carbons (Fsp3) is 0.875. The maximum absolute atomic E-state index is 11.3. The van der Waals surface area contributed by atoms with E-state index in [4.69, 9.17) is 0 Å². The van der Waals surface area contributed by atoms with Gasteiger partial charge >= 0.3 is 0 Å². The van der Waals surface area contributed by atoms with Crippen molar-refractivity contribution in [2.75, 3.05) is 33.2 Å². The number of rotatable bonds is 3. The van der Waals surface area contributed by atoms with Gasteiger partial charge in [0.15, 0.2) is 0 Å². The maximum atomic E-state index is 11.3. The first-order valence-electron chi connectivity index (χ1n) is 4.20. The fourth-order valence-corrected chi connectivity index (χ4v) is 1.01. The second kappa shape index (κ2) is 3.72. The molecule has 1 aliphatic heterocycles. The Hall–Kier alpha value is -0.570. The molecule has 1 fully saturated rings. The lowest BCUT2D eigenvalue weighted by Crippen LogP contribution is -2.46. The van der Waals surface area contributed by atoms with E-state index in [2.05, 4.69) is 6.92 Å². The zero-order valence-electron chi connectivity index (χ0n) is 7.34. The molecular formula is C8H16N2O. The second-order valence-corrected chi connectivity index (χ2v) is 3.06. The quantitative estimate of drug-likeness (QED) is 0.581. The van der Waals surface area contributed by atoms with Gasteiger partial charge in [-0.15, -0.1) is 0 Å². The minimum Gasteiger partial charge on any atom is -0.341 e. The molecular weight excluding hydrogens is 140 g/mol. The van der Waals surface area contributed by atoms with Gasteiger partial charge in [0.2, 0.25) is 5.91 Å². The van der Waals surface area contributed by atoms with Crippen LogP contribution in [0, 0.1) is 0 Å². The molecule has 3 nitrogen and oxygen atoms in total. The van der Waals surface area contributed by atoms with Crippen LogP contribution in [0.1, 0.15) is 13.3 Å². The molecule has 0 aromatic carbocycles. The zero-order chi connectivity index (χ0) is 8.27. The average Bonchev–Trinajstić information content (AvgIpc) is 1.83. The summed E-state index contributed by atoms with van der Waals surface area (Å²) in [5, 5.41) is 0. The van der Waals surface area contributed by atoms with Gasteiger partial charge in [0.1, 0.15) is 0 Å². The lowest BCUT2D eigenvalue weighted by atomic mass is 10.2. The Bertz CT molecular complexity index is 143. The summed E-state index contributed by atoms with van der Waals surface area (Å²) >= 11 is 0. The summed E-state index contributed by atoms with van der Waals surface area (Å²) in [6.45, 7) is 5.52. The molecule has 1 rings (SSSR count). The number of carbonyl (C=O) groups excluding carboxylic acids is 1. The lowest BCUT2D eigenvalue weighted by Gasteiger charge is -2.32. The first-order valence-corrected chi connectivity index (χ1v) is 4.20. The highest BCUT2D eigenvalue weighted by atomic mass is 16.2. The molecule has 11 heavy (non-hydrogen) atoms. The van der Waals surface area contributed by atoms with Crippen LogP contribution in [-0.4, -0.2) is 48.9 Å². The zero-order valence-corrected chi connectivity index (χ0v) is 7.34. The van der Waals surface area contributed by atoms with Crippen molar-refractivity contribution in [2.24, 2.45) is 0 Å². The molecule has 0 aliphatic carbocycles. The Labute approximate surface area is 68.0 Å². The smallest absolute Gasteiger partial charge is 0.236 e. The number of nitrogens with zero attached hydrogens (tertiary/aromatic N) is 2. The number of carbonyl (C=O) groups is 1.